The van der Waals surface area contributed by atoms with Crippen molar-refractivity contribution < 1.29 is 4.74 Å². The van der Waals surface area contributed by atoms with E-state index >= 15 is 0 Å². The molecule has 0 aromatic carbocycles. The zero-order valence-electron chi connectivity index (χ0n) is 10.4. The fourth-order valence-electron chi connectivity index (χ4n) is 2.32. The minimum Gasteiger partial charge on any atom is -0.381 e. The molecule has 0 bridgehead atoms. The summed E-state index contributed by atoms with van der Waals surface area (Å²) in [6.07, 6.45) is 3.43. The lowest BCUT2D eigenvalue weighted by Gasteiger charge is -2.33. The number of nitrogens with two attached hydrogens (primary N) is 1. The van der Waals surface area contributed by atoms with Gasteiger partial charge < -0.3 is 15.4 Å². The second-order valence-corrected chi connectivity index (χ2v) is 5.17. The molecule has 1 rings (SSSR count). The highest BCUT2D eigenvalue weighted by molar-refractivity contribution is 4.76. The summed E-state index contributed by atoms with van der Waals surface area (Å²) in [6.45, 7) is 7.30. The summed E-state index contributed by atoms with van der Waals surface area (Å²) in [5, 5.41) is 0. The molecule has 3 heteroatoms. The molecule has 2 N–H and O–H groups in total. The van der Waals surface area contributed by atoms with Gasteiger partial charge in [-0.25, -0.2) is 0 Å². The van der Waals surface area contributed by atoms with Crippen molar-refractivity contribution >= 4 is 0 Å². The zero-order chi connectivity index (χ0) is 11.3. The highest BCUT2D eigenvalue weighted by atomic mass is 16.5. The van der Waals surface area contributed by atoms with Gasteiger partial charge in [-0.3, -0.25) is 0 Å². The maximum absolute atomic E-state index is 6.11. The van der Waals surface area contributed by atoms with E-state index in [0.29, 0.717) is 18.0 Å². The van der Waals surface area contributed by atoms with E-state index < -0.39 is 0 Å². The van der Waals surface area contributed by atoms with Crippen molar-refractivity contribution in [3.05, 3.63) is 0 Å². The molecule has 3 nitrogen and oxygen atoms in total. The second-order valence-electron chi connectivity index (χ2n) is 5.17. The zero-order valence-corrected chi connectivity index (χ0v) is 10.4. The Balaban J connectivity index is 2.23. The molecule has 1 aliphatic heterocycles. The van der Waals surface area contributed by atoms with Crippen LogP contribution in [0, 0.1) is 5.92 Å². The van der Waals surface area contributed by atoms with Crippen LogP contribution < -0.4 is 5.73 Å². The van der Waals surface area contributed by atoms with Crippen LogP contribution in [0.1, 0.15) is 33.1 Å². The Morgan fingerprint density at radius 3 is 2.47 bits per heavy atom. The summed E-state index contributed by atoms with van der Waals surface area (Å²) in [5.41, 5.74) is 6.11. The molecule has 15 heavy (non-hydrogen) atoms. The molecule has 0 radical (unpaired) electrons. The second kappa shape index (κ2) is 6.46. The Bertz CT molecular complexity index is 167. The van der Waals surface area contributed by atoms with Crippen molar-refractivity contribution in [1.82, 2.24) is 4.90 Å². The van der Waals surface area contributed by atoms with E-state index in [1.807, 2.05) is 0 Å². The smallest absolute Gasteiger partial charge is 0.0480 e. The number of rotatable bonds is 5. The first kappa shape index (κ1) is 12.9. The van der Waals surface area contributed by atoms with E-state index in [4.69, 9.17) is 10.5 Å². The third kappa shape index (κ3) is 4.96. The van der Waals surface area contributed by atoms with Gasteiger partial charge in [0.2, 0.25) is 0 Å². The van der Waals surface area contributed by atoms with Crippen molar-refractivity contribution in [2.75, 3.05) is 26.8 Å². The van der Waals surface area contributed by atoms with Crippen molar-refractivity contribution in [2.24, 2.45) is 11.7 Å². The Morgan fingerprint density at radius 1 is 1.33 bits per heavy atom. The highest BCUT2D eigenvalue weighted by Gasteiger charge is 2.20. The van der Waals surface area contributed by atoms with Gasteiger partial charge >= 0.3 is 0 Å². The lowest BCUT2D eigenvalue weighted by atomic mass is 10.0. The van der Waals surface area contributed by atoms with Gasteiger partial charge in [0.15, 0.2) is 0 Å². The standard InChI is InChI=1S/C12H26N2O/c1-10(2)8-11(13)9-14(3)12-4-6-15-7-5-12/h10-12H,4-9,13H2,1-3H3. The first-order chi connectivity index (χ1) is 7.09. The van der Waals surface area contributed by atoms with Crippen LogP contribution in [0.3, 0.4) is 0 Å². The van der Waals surface area contributed by atoms with Crippen molar-refractivity contribution in [1.29, 1.82) is 0 Å². The average Bonchev–Trinajstić information content (AvgIpc) is 2.17. The van der Waals surface area contributed by atoms with Gasteiger partial charge in [0.05, 0.1) is 0 Å². The molecule has 1 heterocycles. The maximum atomic E-state index is 6.11. The van der Waals surface area contributed by atoms with E-state index in [0.717, 1.165) is 39.0 Å². The molecule has 1 atom stereocenters. The predicted octanol–water partition coefficient (Wildman–Crippen LogP) is 1.47. The molecule has 1 fully saturated rings. The Labute approximate surface area is 94.0 Å². The largest absolute Gasteiger partial charge is 0.381 e. The molecule has 1 saturated heterocycles. The number of hydrogen-bond acceptors (Lipinski definition) is 3. The predicted molar refractivity (Wildman–Crippen MR) is 63.9 cm³/mol. The van der Waals surface area contributed by atoms with Crippen LogP contribution in [0.2, 0.25) is 0 Å². The number of ether oxygens (including phenoxy) is 1. The van der Waals surface area contributed by atoms with Crippen LogP contribution in [-0.4, -0.2) is 43.8 Å². The van der Waals surface area contributed by atoms with E-state index in [-0.39, 0.29) is 0 Å². The van der Waals surface area contributed by atoms with Gasteiger partial charge in [0.1, 0.15) is 0 Å². The summed E-state index contributed by atoms with van der Waals surface area (Å²) in [4.78, 5) is 2.41. The van der Waals surface area contributed by atoms with Crippen LogP contribution in [0.5, 0.6) is 0 Å². The van der Waals surface area contributed by atoms with Crippen molar-refractivity contribution in [3.8, 4) is 0 Å². The number of likely N-dealkylation sites (N-methyl/N-ethyl adjacent to an activating group) is 1. The van der Waals surface area contributed by atoms with Crippen molar-refractivity contribution in [2.45, 2.75) is 45.2 Å². The molecule has 1 aliphatic rings. The molecule has 0 spiro atoms. The quantitative estimate of drug-likeness (QED) is 0.753. The fraction of sp³-hybridized carbons (Fsp3) is 1.00. The average molecular weight is 214 g/mol. The molecule has 0 aliphatic carbocycles. The molecule has 0 aromatic heterocycles. The van der Waals surface area contributed by atoms with Crippen LogP contribution in [-0.2, 0) is 4.74 Å². The normalized spacial score (nSPS) is 21.2. The summed E-state index contributed by atoms with van der Waals surface area (Å²) in [7, 11) is 2.19. The Kier molecular flexibility index (Phi) is 5.58. The number of hydrogen-bond donors (Lipinski definition) is 1. The van der Waals surface area contributed by atoms with Gasteiger partial charge in [0, 0.05) is 31.8 Å². The molecular formula is C12H26N2O. The molecule has 0 amide bonds. The van der Waals surface area contributed by atoms with Crippen LogP contribution in [0.4, 0.5) is 0 Å². The minimum atomic E-state index is 0.317. The molecule has 0 saturated carbocycles. The summed E-state index contributed by atoms with van der Waals surface area (Å²) < 4.78 is 5.36. The van der Waals surface area contributed by atoms with Gasteiger partial charge in [-0.1, -0.05) is 13.8 Å². The SMILES string of the molecule is CC(C)CC(N)CN(C)C1CCOCC1. The van der Waals surface area contributed by atoms with E-state index in [1.165, 1.54) is 0 Å². The Hall–Kier alpha value is -0.120. The fourth-order valence-corrected chi connectivity index (χ4v) is 2.32. The molecule has 0 aromatic rings. The summed E-state index contributed by atoms with van der Waals surface area (Å²) >= 11 is 0. The van der Waals surface area contributed by atoms with Gasteiger partial charge in [0.25, 0.3) is 0 Å². The van der Waals surface area contributed by atoms with Crippen LogP contribution in [0.25, 0.3) is 0 Å². The van der Waals surface area contributed by atoms with Crippen LogP contribution in [0.15, 0.2) is 0 Å². The lowest BCUT2D eigenvalue weighted by Crippen LogP contribution is -2.43. The van der Waals surface area contributed by atoms with Gasteiger partial charge in [-0.05, 0) is 32.2 Å². The third-order valence-electron chi connectivity index (χ3n) is 3.11. The minimum absolute atomic E-state index is 0.317. The topological polar surface area (TPSA) is 38.5 Å². The lowest BCUT2D eigenvalue weighted by molar-refractivity contribution is 0.0408. The summed E-state index contributed by atoms with van der Waals surface area (Å²) in [6, 6.07) is 0.995. The molecule has 1 unspecified atom stereocenters. The highest BCUT2D eigenvalue weighted by Crippen LogP contribution is 2.14. The van der Waals surface area contributed by atoms with Crippen LogP contribution >= 0.6 is 0 Å². The first-order valence-corrected chi connectivity index (χ1v) is 6.13. The maximum Gasteiger partial charge on any atom is 0.0480 e. The Morgan fingerprint density at radius 2 is 1.93 bits per heavy atom. The number of nitrogens with zero attached hydrogens (tertiary/aromatic N) is 1. The molecule has 90 valence electrons. The van der Waals surface area contributed by atoms with Crippen molar-refractivity contribution in [3.63, 3.8) is 0 Å². The first-order valence-electron chi connectivity index (χ1n) is 6.13. The molecular weight excluding hydrogens is 188 g/mol. The van der Waals surface area contributed by atoms with E-state index in [9.17, 15) is 0 Å². The van der Waals surface area contributed by atoms with Gasteiger partial charge in [-0.15, -0.1) is 0 Å². The monoisotopic (exact) mass is 214 g/mol. The van der Waals surface area contributed by atoms with Gasteiger partial charge in [-0.2, -0.15) is 0 Å². The van der Waals surface area contributed by atoms with E-state index in [1.54, 1.807) is 0 Å². The summed E-state index contributed by atoms with van der Waals surface area (Å²) in [5.74, 6) is 0.697. The van der Waals surface area contributed by atoms with E-state index in [2.05, 4.69) is 25.8 Å². The third-order valence-corrected chi connectivity index (χ3v) is 3.11.